The average molecular weight is 367 g/mol. The summed E-state index contributed by atoms with van der Waals surface area (Å²) in [5.74, 6) is 0.400. The Bertz CT molecular complexity index is 691. The van der Waals surface area contributed by atoms with Crippen molar-refractivity contribution >= 4 is 34.9 Å². The molecule has 2 N–H and O–H groups in total. The van der Waals surface area contributed by atoms with Crippen LogP contribution in [0, 0.1) is 0 Å². The molecule has 5 nitrogen and oxygen atoms in total. The highest BCUT2D eigenvalue weighted by Crippen LogP contribution is 2.21. The summed E-state index contributed by atoms with van der Waals surface area (Å²) in [6.45, 7) is 4.61. The number of nitrogens with zero attached hydrogens (tertiary/aromatic N) is 2. The Labute approximate surface area is 151 Å². The molecule has 2 rings (SSSR count). The minimum Gasteiger partial charge on any atom is -0.368 e. The van der Waals surface area contributed by atoms with E-state index in [2.05, 4.69) is 20.6 Å². The molecule has 0 saturated carbocycles. The van der Waals surface area contributed by atoms with E-state index >= 15 is 0 Å². The second-order valence-electron chi connectivity index (χ2n) is 5.48. The summed E-state index contributed by atoms with van der Waals surface area (Å²) in [6, 6.07) is 5.55. The number of nitrogens with one attached hydrogen (secondary N) is 2. The molecule has 0 aliphatic rings. The van der Waals surface area contributed by atoms with Crippen LogP contribution in [0.2, 0.25) is 10.0 Å². The van der Waals surface area contributed by atoms with Crippen LogP contribution >= 0.6 is 23.2 Å². The number of carbonyl (C=O) groups excluding carboxylic acids is 1. The molecule has 0 radical (unpaired) electrons. The van der Waals surface area contributed by atoms with Gasteiger partial charge in [-0.05, 0) is 37.5 Å². The van der Waals surface area contributed by atoms with Crippen molar-refractivity contribution in [2.75, 3.05) is 11.9 Å². The summed E-state index contributed by atoms with van der Waals surface area (Å²) < 4.78 is 0. The Morgan fingerprint density at radius 1 is 1.25 bits per heavy atom. The number of hydrogen-bond acceptors (Lipinski definition) is 4. The lowest BCUT2D eigenvalue weighted by Crippen LogP contribution is -2.32. The standard InChI is InChI=1S/C17H20Cl2N4O/c1-3-11(2)23-17(24)15-9-22-16(10-21-15)20-7-6-12-4-5-13(18)8-14(12)19/h4-5,8-11H,3,6-7H2,1-2H3,(H,20,22)(H,23,24). The van der Waals surface area contributed by atoms with Gasteiger partial charge in [-0.2, -0.15) is 0 Å². The van der Waals surface area contributed by atoms with Gasteiger partial charge in [0.1, 0.15) is 11.5 Å². The zero-order valence-corrected chi connectivity index (χ0v) is 15.2. The van der Waals surface area contributed by atoms with E-state index in [1.54, 1.807) is 12.3 Å². The quantitative estimate of drug-likeness (QED) is 0.777. The van der Waals surface area contributed by atoms with E-state index in [0.717, 1.165) is 18.4 Å². The van der Waals surface area contributed by atoms with Gasteiger partial charge in [-0.1, -0.05) is 36.2 Å². The smallest absolute Gasteiger partial charge is 0.271 e. The first kappa shape index (κ1) is 18.5. The fourth-order valence-corrected chi connectivity index (χ4v) is 2.49. The number of rotatable bonds is 7. The first-order valence-electron chi connectivity index (χ1n) is 7.80. The Morgan fingerprint density at radius 3 is 2.67 bits per heavy atom. The van der Waals surface area contributed by atoms with Crippen LogP contribution in [0.1, 0.15) is 36.3 Å². The zero-order valence-electron chi connectivity index (χ0n) is 13.6. The van der Waals surface area contributed by atoms with Crippen LogP contribution in [0.5, 0.6) is 0 Å². The van der Waals surface area contributed by atoms with Crippen molar-refractivity contribution < 1.29 is 4.79 Å². The predicted octanol–water partition coefficient (Wildman–Crippen LogP) is 3.97. The molecular weight excluding hydrogens is 347 g/mol. The highest BCUT2D eigenvalue weighted by Gasteiger charge is 2.10. The van der Waals surface area contributed by atoms with Gasteiger partial charge in [0, 0.05) is 22.6 Å². The Morgan fingerprint density at radius 2 is 2.04 bits per heavy atom. The minimum absolute atomic E-state index is 0.112. The Kier molecular flexibility index (Phi) is 6.82. The minimum atomic E-state index is -0.212. The number of halogens is 2. The monoisotopic (exact) mass is 366 g/mol. The van der Waals surface area contributed by atoms with Gasteiger partial charge in [0.15, 0.2) is 0 Å². The van der Waals surface area contributed by atoms with E-state index in [-0.39, 0.29) is 11.9 Å². The predicted molar refractivity (Wildman–Crippen MR) is 97.9 cm³/mol. The molecule has 1 aromatic heterocycles. The molecule has 24 heavy (non-hydrogen) atoms. The highest BCUT2D eigenvalue weighted by atomic mass is 35.5. The number of amides is 1. The third-order valence-corrected chi connectivity index (χ3v) is 4.18. The molecule has 0 aliphatic heterocycles. The molecule has 7 heteroatoms. The SMILES string of the molecule is CCC(C)NC(=O)c1cnc(NCCc2ccc(Cl)cc2Cl)cn1. The van der Waals surface area contributed by atoms with Gasteiger partial charge in [0.25, 0.3) is 5.91 Å². The van der Waals surface area contributed by atoms with Crippen molar-refractivity contribution in [3.05, 3.63) is 51.9 Å². The molecule has 1 atom stereocenters. The summed E-state index contributed by atoms with van der Waals surface area (Å²) in [4.78, 5) is 20.3. The van der Waals surface area contributed by atoms with Crippen LogP contribution in [0.3, 0.4) is 0 Å². The Balaban J connectivity index is 1.86. The van der Waals surface area contributed by atoms with Crippen molar-refractivity contribution in [3.63, 3.8) is 0 Å². The zero-order chi connectivity index (χ0) is 17.5. The molecule has 128 valence electrons. The summed E-state index contributed by atoms with van der Waals surface area (Å²) in [6.07, 6.45) is 4.62. The van der Waals surface area contributed by atoms with Crippen LogP contribution in [0.25, 0.3) is 0 Å². The molecule has 0 saturated heterocycles. The molecule has 0 spiro atoms. The molecule has 2 aromatic rings. The van der Waals surface area contributed by atoms with Crippen molar-refractivity contribution in [2.45, 2.75) is 32.7 Å². The molecule has 0 bridgehead atoms. The molecule has 1 aromatic carbocycles. The fourth-order valence-electron chi connectivity index (χ4n) is 1.99. The normalized spacial score (nSPS) is 11.8. The topological polar surface area (TPSA) is 66.9 Å². The van der Waals surface area contributed by atoms with Crippen molar-refractivity contribution in [2.24, 2.45) is 0 Å². The van der Waals surface area contributed by atoms with Crippen LogP contribution in [-0.2, 0) is 6.42 Å². The van der Waals surface area contributed by atoms with Gasteiger partial charge < -0.3 is 10.6 Å². The lowest BCUT2D eigenvalue weighted by molar-refractivity contribution is 0.0934. The Hall–Kier alpha value is -1.85. The van der Waals surface area contributed by atoms with Gasteiger partial charge in [-0.25, -0.2) is 9.97 Å². The van der Waals surface area contributed by atoms with Gasteiger partial charge in [-0.3, -0.25) is 4.79 Å². The van der Waals surface area contributed by atoms with E-state index < -0.39 is 0 Å². The third kappa shape index (κ3) is 5.35. The largest absolute Gasteiger partial charge is 0.368 e. The first-order chi connectivity index (χ1) is 11.5. The molecule has 0 aliphatic carbocycles. The molecule has 0 fully saturated rings. The van der Waals surface area contributed by atoms with Crippen molar-refractivity contribution in [1.82, 2.24) is 15.3 Å². The van der Waals surface area contributed by atoms with Crippen molar-refractivity contribution in [1.29, 1.82) is 0 Å². The molecule has 1 amide bonds. The lowest BCUT2D eigenvalue weighted by atomic mass is 10.1. The third-order valence-electron chi connectivity index (χ3n) is 3.59. The van der Waals surface area contributed by atoms with Gasteiger partial charge in [-0.15, -0.1) is 0 Å². The maximum absolute atomic E-state index is 11.9. The summed E-state index contributed by atoms with van der Waals surface area (Å²) in [5, 5.41) is 7.27. The maximum Gasteiger partial charge on any atom is 0.271 e. The molecular formula is C17H20Cl2N4O. The van der Waals surface area contributed by atoms with E-state index in [1.165, 1.54) is 6.20 Å². The number of carbonyl (C=O) groups is 1. The number of hydrogen-bond donors (Lipinski definition) is 2. The van der Waals surface area contributed by atoms with Crippen molar-refractivity contribution in [3.8, 4) is 0 Å². The lowest BCUT2D eigenvalue weighted by Gasteiger charge is -2.11. The van der Waals surface area contributed by atoms with Gasteiger partial charge >= 0.3 is 0 Å². The second-order valence-corrected chi connectivity index (χ2v) is 6.33. The van der Waals surface area contributed by atoms with E-state index in [1.807, 2.05) is 26.0 Å². The van der Waals surface area contributed by atoms with Crippen LogP contribution < -0.4 is 10.6 Å². The fraction of sp³-hybridized carbons (Fsp3) is 0.353. The summed E-state index contributed by atoms with van der Waals surface area (Å²) >= 11 is 12.0. The molecule has 1 heterocycles. The van der Waals surface area contributed by atoms with E-state index in [0.29, 0.717) is 28.1 Å². The maximum atomic E-state index is 11.9. The number of anilines is 1. The van der Waals surface area contributed by atoms with E-state index in [9.17, 15) is 4.79 Å². The first-order valence-corrected chi connectivity index (χ1v) is 8.56. The summed E-state index contributed by atoms with van der Waals surface area (Å²) in [7, 11) is 0. The van der Waals surface area contributed by atoms with E-state index in [4.69, 9.17) is 23.2 Å². The van der Waals surface area contributed by atoms with Crippen LogP contribution in [0.15, 0.2) is 30.6 Å². The highest BCUT2D eigenvalue weighted by molar-refractivity contribution is 6.35. The molecule has 1 unspecified atom stereocenters. The van der Waals surface area contributed by atoms with Crippen LogP contribution in [0.4, 0.5) is 5.82 Å². The number of aromatic nitrogens is 2. The van der Waals surface area contributed by atoms with Gasteiger partial charge in [0.05, 0.1) is 12.4 Å². The summed E-state index contributed by atoms with van der Waals surface area (Å²) in [5.41, 5.74) is 1.31. The number of benzene rings is 1. The van der Waals surface area contributed by atoms with Gasteiger partial charge in [0.2, 0.25) is 0 Å². The van der Waals surface area contributed by atoms with Crippen LogP contribution in [-0.4, -0.2) is 28.5 Å². The average Bonchev–Trinajstić information content (AvgIpc) is 2.57. The second kappa shape index (κ2) is 8.85.